The zero-order valence-corrected chi connectivity index (χ0v) is 10.0. The molecule has 2 aliphatic rings. The molecular weight excluding hydrogens is 188 g/mol. The summed E-state index contributed by atoms with van der Waals surface area (Å²) in [7, 11) is 0. The van der Waals surface area contributed by atoms with E-state index in [9.17, 15) is 4.79 Å². The van der Waals surface area contributed by atoms with Gasteiger partial charge in [-0.25, -0.2) is 0 Å². The first kappa shape index (κ1) is 10.9. The first-order chi connectivity index (χ1) is 6.86. The van der Waals surface area contributed by atoms with Crippen molar-refractivity contribution < 1.29 is 9.53 Å². The summed E-state index contributed by atoms with van der Waals surface area (Å²) in [5, 5.41) is 0. The molecule has 3 atom stereocenters. The molecule has 1 fully saturated rings. The summed E-state index contributed by atoms with van der Waals surface area (Å²) in [6.45, 7) is 8.40. The average molecular weight is 208 g/mol. The first-order valence-corrected chi connectivity index (χ1v) is 5.78. The molecule has 0 spiro atoms. The topological polar surface area (TPSA) is 26.3 Å². The second-order valence-electron chi connectivity index (χ2n) is 5.68. The van der Waals surface area contributed by atoms with Crippen LogP contribution in [0.4, 0.5) is 0 Å². The van der Waals surface area contributed by atoms with Crippen molar-refractivity contribution in [3.8, 4) is 0 Å². The Morgan fingerprint density at radius 1 is 1.33 bits per heavy atom. The van der Waals surface area contributed by atoms with Gasteiger partial charge in [-0.1, -0.05) is 19.9 Å². The lowest BCUT2D eigenvalue weighted by atomic mass is 9.62. The summed E-state index contributed by atoms with van der Waals surface area (Å²) < 4.78 is 5.92. The SMILES string of the molecule is C[C@@H]1CC[C@@H]2C(C)(C)C=CC(=O)[C@]2(C)O1. The minimum Gasteiger partial charge on any atom is -0.364 e. The zero-order valence-electron chi connectivity index (χ0n) is 10.0. The maximum atomic E-state index is 12.0. The van der Waals surface area contributed by atoms with Crippen LogP contribution in [0.5, 0.6) is 0 Å². The van der Waals surface area contributed by atoms with E-state index in [0.29, 0.717) is 5.92 Å². The molecule has 15 heavy (non-hydrogen) atoms. The Kier molecular flexibility index (Phi) is 2.30. The highest BCUT2D eigenvalue weighted by Gasteiger charge is 2.52. The molecule has 0 aromatic carbocycles. The van der Waals surface area contributed by atoms with Crippen LogP contribution in [0.2, 0.25) is 0 Å². The molecule has 0 saturated carbocycles. The van der Waals surface area contributed by atoms with Crippen LogP contribution in [0.3, 0.4) is 0 Å². The van der Waals surface area contributed by atoms with E-state index in [1.54, 1.807) is 6.08 Å². The molecule has 0 N–H and O–H groups in total. The van der Waals surface area contributed by atoms with Crippen LogP contribution < -0.4 is 0 Å². The lowest BCUT2D eigenvalue weighted by Crippen LogP contribution is -2.56. The average Bonchev–Trinajstić information content (AvgIpc) is 2.11. The van der Waals surface area contributed by atoms with Crippen LogP contribution in [-0.2, 0) is 9.53 Å². The fraction of sp³-hybridized carbons (Fsp3) is 0.769. The summed E-state index contributed by atoms with van der Waals surface area (Å²) in [6.07, 6.45) is 6.10. The predicted octanol–water partition coefficient (Wildman–Crippen LogP) is 2.73. The Balaban J connectivity index is 2.40. The van der Waals surface area contributed by atoms with Crippen molar-refractivity contribution in [1.82, 2.24) is 0 Å². The molecular formula is C13H20O2. The van der Waals surface area contributed by atoms with Crippen molar-refractivity contribution in [2.24, 2.45) is 11.3 Å². The van der Waals surface area contributed by atoms with Gasteiger partial charge in [0.25, 0.3) is 0 Å². The number of fused-ring (bicyclic) bond motifs is 1. The van der Waals surface area contributed by atoms with Crippen molar-refractivity contribution in [3.05, 3.63) is 12.2 Å². The molecule has 2 heteroatoms. The van der Waals surface area contributed by atoms with E-state index in [2.05, 4.69) is 20.8 Å². The smallest absolute Gasteiger partial charge is 0.187 e. The normalized spacial score (nSPS) is 43.9. The molecule has 1 saturated heterocycles. The molecule has 0 unspecified atom stereocenters. The van der Waals surface area contributed by atoms with E-state index >= 15 is 0 Å². The minimum absolute atomic E-state index is 0.0722. The second kappa shape index (κ2) is 3.18. The lowest BCUT2D eigenvalue weighted by molar-refractivity contribution is -0.180. The molecule has 84 valence electrons. The molecule has 0 radical (unpaired) electrons. The highest BCUT2D eigenvalue weighted by atomic mass is 16.5. The van der Waals surface area contributed by atoms with Gasteiger partial charge in [-0.15, -0.1) is 0 Å². The van der Waals surface area contributed by atoms with Gasteiger partial charge in [0.1, 0.15) is 5.60 Å². The van der Waals surface area contributed by atoms with Gasteiger partial charge in [-0.3, -0.25) is 4.79 Å². The third kappa shape index (κ3) is 1.55. The first-order valence-electron chi connectivity index (χ1n) is 5.78. The third-order valence-electron chi connectivity index (χ3n) is 4.02. The summed E-state index contributed by atoms with van der Waals surface area (Å²) in [4.78, 5) is 12.0. The number of hydrogen-bond donors (Lipinski definition) is 0. The monoisotopic (exact) mass is 208 g/mol. The molecule has 0 aromatic heterocycles. The van der Waals surface area contributed by atoms with Gasteiger partial charge in [0.05, 0.1) is 6.10 Å². The van der Waals surface area contributed by atoms with Crippen LogP contribution in [-0.4, -0.2) is 17.5 Å². The van der Waals surface area contributed by atoms with Crippen molar-refractivity contribution in [3.63, 3.8) is 0 Å². The van der Waals surface area contributed by atoms with Crippen LogP contribution in [0.25, 0.3) is 0 Å². The second-order valence-corrected chi connectivity index (χ2v) is 5.68. The van der Waals surface area contributed by atoms with E-state index in [1.165, 1.54) is 0 Å². The summed E-state index contributed by atoms with van der Waals surface area (Å²) in [5.74, 6) is 0.456. The van der Waals surface area contributed by atoms with Gasteiger partial charge in [0.2, 0.25) is 0 Å². The lowest BCUT2D eigenvalue weighted by Gasteiger charge is -2.50. The fourth-order valence-corrected chi connectivity index (χ4v) is 3.12. The Hall–Kier alpha value is -0.630. The van der Waals surface area contributed by atoms with Gasteiger partial charge in [-0.05, 0) is 38.2 Å². The number of carbonyl (C=O) groups is 1. The number of ketones is 1. The van der Waals surface area contributed by atoms with E-state index in [0.717, 1.165) is 12.8 Å². The summed E-state index contributed by atoms with van der Waals surface area (Å²) in [5.41, 5.74) is -0.515. The number of ether oxygens (including phenoxy) is 1. The van der Waals surface area contributed by atoms with E-state index in [-0.39, 0.29) is 17.3 Å². The van der Waals surface area contributed by atoms with Gasteiger partial charge >= 0.3 is 0 Å². The number of carbonyl (C=O) groups excluding carboxylic acids is 1. The quantitative estimate of drug-likeness (QED) is 0.612. The minimum atomic E-state index is -0.587. The van der Waals surface area contributed by atoms with Crippen molar-refractivity contribution in [2.45, 2.75) is 52.2 Å². The van der Waals surface area contributed by atoms with E-state index in [4.69, 9.17) is 4.74 Å². The summed E-state index contributed by atoms with van der Waals surface area (Å²) >= 11 is 0. The molecule has 1 aliphatic heterocycles. The van der Waals surface area contributed by atoms with E-state index in [1.807, 2.05) is 13.0 Å². The number of hydrogen-bond acceptors (Lipinski definition) is 2. The van der Waals surface area contributed by atoms with Crippen LogP contribution >= 0.6 is 0 Å². The Morgan fingerprint density at radius 2 is 2.00 bits per heavy atom. The maximum Gasteiger partial charge on any atom is 0.187 e. The number of rotatable bonds is 0. The molecule has 0 amide bonds. The largest absolute Gasteiger partial charge is 0.364 e. The standard InChI is InChI=1S/C13H20O2/c1-9-5-6-10-12(2,3)8-7-11(14)13(10,4)15-9/h7-10H,5-6H2,1-4H3/t9-,10-,13-/m1/s1. The van der Waals surface area contributed by atoms with E-state index < -0.39 is 5.60 Å². The molecule has 0 aromatic rings. The predicted molar refractivity (Wildman–Crippen MR) is 59.6 cm³/mol. The van der Waals surface area contributed by atoms with Crippen molar-refractivity contribution in [1.29, 1.82) is 0 Å². The van der Waals surface area contributed by atoms with Gasteiger partial charge in [0.15, 0.2) is 5.78 Å². The third-order valence-corrected chi connectivity index (χ3v) is 4.02. The van der Waals surface area contributed by atoms with Crippen molar-refractivity contribution >= 4 is 5.78 Å². The fourth-order valence-electron chi connectivity index (χ4n) is 3.12. The number of allylic oxidation sites excluding steroid dienone is 1. The van der Waals surface area contributed by atoms with Crippen LogP contribution in [0, 0.1) is 11.3 Å². The molecule has 2 rings (SSSR count). The van der Waals surface area contributed by atoms with Crippen LogP contribution in [0.1, 0.15) is 40.5 Å². The van der Waals surface area contributed by atoms with Crippen LogP contribution in [0.15, 0.2) is 12.2 Å². The highest BCUT2D eigenvalue weighted by molar-refractivity contribution is 5.98. The molecule has 1 heterocycles. The van der Waals surface area contributed by atoms with Gasteiger partial charge in [-0.2, -0.15) is 0 Å². The Bertz CT molecular complexity index is 316. The van der Waals surface area contributed by atoms with Gasteiger partial charge < -0.3 is 4.74 Å². The molecule has 2 nitrogen and oxygen atoms in total. The molecule has 1 aliphatic carbocycles. The highest BCUT2D eigenvalue weighted by Crippen LogP contribution is 2.48. The Morgan fingerprint density at radius 3 is 2.67 bits per heavy atom. The van der Waals surface area contributed by atoms with Crippen molar-refractivity contribution in [2.75, 3.05) is 0 Å². The zero-order chi connectivity index (χ0) is 11.3. The molecule has 0 bridgehead atoms. The summed E-state index contributed by atoms with van der Waals surface area (Å²) in [6, 6.07) is 0. The van der Waals surface area contributed by atoms with Gasteiger partial charge in [0, 0.05) is 5.92 Å². The maximum absolute atomic E-state index is 12.0. The Labute approximate surface area is 91.7 Å².